The van der Waals surface area contributed by atoms with Crippen LogP contribution in [0, 0.1) is 13.8 Å². The molecule has 0 spiro atoms. The predicted molar refractivity (Wildman–Crippen MR) is 132 cm³/mol. The molecule has 0 radical (unpaired) electrons. The van der Waals surface area contributed by atoms with Gasteiger partial charge in [0.15, 0.2) is 0 Å². The van der Waals surface area contributed by atoms with E-state index in [1.54, 1.807) is 12.1 Å². The van der Waals surface area contributed by atoms with Crippen LogP contribution in [0.15, 0.2) is 84.9 Å². The summed E-state index contributed by atoms with van der Waals surface area (Å²) in [7, 11) is 0. The highest BCUT2D eigenvalue weighted by molar-refractivity contribution is 6.09. The number of phenolic OH excluding ortho intramolecular Hbond substituents is 1. The zero-order valence-electron chi connectivity index (χ0n) is 18.3. The summed E-state index contributed by atoms with van der Waals surface area (Å²) in [6, 6.07) is 27.6. The first-order valence-electron chi connectivity index (χ1n) is 10.8. The molecule has 0 aliphatic heterocycles. The number of pyridine rings is 2. The summed E-state index contributed by atoms with van der Waals surface area (Å²) < 4.78 is 8.31. The van der Waals surface area contributed by atoms with E-state index in [9.17, 15) is 5.11 Å². The number of para-hydroxylation sites is 1. The van der Waals surface area contributed by atoms with E-state index in [1.165, 1.54) is 10.9 Å². The van der Waals surface area contributed by atoms with E-state index in [4.69, 9.17) is 9.72 Å². The molecule has 160 valence electrons. The van der Waals surface area contributed by atoms with Crippen molar-refractivity contribution in [2.24, 2.45) is 0 Å². The molecule has 6 rings (SSSR count). The Hall–Kier alpha value is -4.38. The third-order valence-electron chi connectivity index (χ3n) is 5.89. The number of ether oxygens (including phenoxy) is 1. The number of nitrogens with zero attached hydrogens (tertiary/aromatic N) is 3. The van der Waals surface area contributed by atoms with Crippen molar-refractivity contribution in [2.45, 2.75) is 13.8 Å². The Bertz CT molecular complexity index is 1680. The molecular weight excluding hydrogens is 410 g/mol. The first-order chi connectivity index (χ1) is 16.1. The topological polar surface area (TPSA) is 60.2 Å². The second kappa shape index (κ2) is 7.35. The molecule has 0 saturated carbocycles. The summed E-state index contributed by atoms with van der Waals surface area (Å²) >= 11 is 0. The van der Waals surface area contributed by atoms with Crippen LogP contribution >= 0.6 is 0 Å². The van der Waals surface area contributed by atoms with Gasteiger partial charge in [0.1, 0.15) is 22.8 Å². The number of hydrogen-bond donors (Lipinski definition) is 1. The lowest BCUT2D eigenvalue weighted by molar-refractivity contribution is 0.460. The van der Waals surface area contributed by atoms with Gasteiger partial charge in [-0.3, -0.25) is 4.57 Å². The number of hydrogen-bond acceptors (Lipinski definition) is 4. The van der Waals surface area contributed by atoms with Crippen LogP contribution in [0.25, 0.3) is 38.5 Å². The number of aromatic nitrogens is 3. The highest BCUT2D eigenvalue weighted by Gasteiger charge is 2.15. The zero-order valence-corrected chi connectivity index (χ0v) is 18.3. The van der Waals surface area contributed by atoms with Crippen molar-refractivity contribution < 1.29 is 9.84 Å². The van der Waals surface area contributed by atoms with Gasteiger partial charge in [0.25, 0.3) is 0 Å². The fourth-order valence-corrected chi connectivity index (χ4v) is 4.36. The van der Waals surface area contributed by atoms with Crippen molar-refractivity contribution in [3.63, 3.8) is 0 Å². The number of aryl methyl sites for hydroxylation is 2. The predicted octanol–water partition coefficient (Wildman–Crippen LogP) is 6.84. The van der Waals surface area contributed by atoms with Gasteiger partial charge in [-0.1, -0.05) is 30.3 Å². The molecule has 0 fully saturated rings. The summed E-state index contributed by atoms with van der Waals surface area (Å²) in [6.07, 6.45) is 0. The Morgan fingerprint density at radius 3 is 2.39 bits per heavy atom. The monoisotopic (exact) mass is 431 g/mol. The smallest absolute Gasteiger partial charge is 0.219 e. The highest BCUT2D eigenvalue weighted by Crippen LogP contribution is 2.35. The summed E-state index contributed by atoms with van der Waals surface area (Å²) in [6.45, 7) is 4.10. The van der Waals surface area contributed by atoms with Gasteiger partial charge >= 0.3 is 0 Å². The number of benzene rings is 3. The van der Waals surface area contributed by atoms with Crippen LogP contribution < -0.4 is 4.74 Å². The lowest BCUT2D eigenvalue weighted by Crippen LogP contribution is -1.98. The van der Waals surface area contributed by atoms with Crippen LogP contribution in [0.1, 0.15) is 11.3 Å². The zero-order chi connectivity index (χ0) is 22.5. The van der Waals surface area contributed by atoms with Crippen molar-refractivity contribution in [1.82, 2.24) is 14.5 Å². The number of phenols is 1. The first-order valence-corrected chi connectivity index (χ1v) is 10.8. The Balaban J connectivity index is 1.53. The average molecular weight is 431 g/mol. The Morgan fingerprint density at radius 1 is 0.758 bits per heavy atom. The number of fused-ring (bicyclic) bond motifs is 4. The van der Waals surface area contributed by atoms with Gasteiger partial charge in [-0.2, -0.15) is 0 Å². The van der Waals surface area contributed by atoms with Gasteiger partial charge < -0.3 is 9.84 Å². The second-order valence-electron chi connectivity index (χ2n) is 8.27. The molecule has 0 saturated heterocycles. The molecule has 0 amide bonds. The molecule has 0 atom stereocenters. The first kappa shape index (κ1) is 19.3. The lowest BCUT2D eigenvalue weighted by atomic mass is 10.1. The summed E-state index contributed by atoms with van der Waals surface area (Å²) in [4.78, 5) is 9.29. The van der Waals surface area contributed by atoms with Gasteiger partial charge in [0.05, 0.1) is 11.0 Å². The van der Waals surface area contributed by atoms with Crippen molar-refractivity contribution in [1.29, 1.82) is 0 Å². The summed E-state index contributed by atoms with van der Waals surface area (Å²) in [5.74, 6) is 2.09. The van der Waals surface area contributed by atoms with E-state index in [0.717, 1.165) is 33.3 Å². The van der Waals surface area contributed by atoms with Gasteiger partial charge in [-0.25, -0.2) is 9.97 Å². The third kappa shape index (κ3) is 3.26. The van der Waals surface area contributed by atoms with Crippen LogP contribution in [0.4, 0.5) is 0 Å². The molecule has 3 aromatic heterocycles. The van der Waals surface area contributed by atoms with E-state index in [2.05, 4.69) is 40.7 Å². The maximum Gasteiger partial charge on any atom is 0.219 e. The van der Waals surface area contributed by atoms with Gasteiger partial charge in [0, 0.05) is 34.0 Å². The second-order valence-corrected chi connectivity index (χ2v) is 8.27. The van der Waals surface area contributed by atoms with Crippen molar-refractivity contribution in [3.8, 4) is 23.2 Å². The molecule has 3 heterocycles. The minimum Gasteiger partial charge on any atom is -0.506 e. The normalized spacial score (nSPS) is 11.5. The lowest BCUT2D eigenvalue weighted by Gasteiger charge is -2.10. The Morgan fingerprint density at radius 2 is 1.55 bits per heavy atom. The minimum atomic E-state index is 0.134. The molecule has 6 aromatic rings. The van der Waals surface area contributed by atoms with E-state index < -0.39 is 0 Å². The number of rotatable bonds is 3. The third-order valence-corrected chi connectivity index (χ3v) is 5.89. The fourth-order valence-electron chi connectivity index (χ4n) is 4.36. The van der Waals surface area contributed by atoms with Crippen LogP contribution in [0.5, 0.6) is 17.4 Å². The van der Waals surface area contributed by atoms with Crippen LogP contribution in [0.3, 0.4) is 0 Å². The molecule has 0 bridgehead atoms. The largest absolute Gasteiger partial charge is 0.506 e. The minimum absolute atomic E-state index is 0.134. The number of aromatic hydroxyl groups is 1. The Kier molecular flexibility index (Phi) is 4.30. The molecule has 0 unspecified atom stereocenters. The molecule has 0 aliphatic rings. The van der Waals surface area contributed by atoms with Gasteiger partial charge in [-0.05, 0) is 61.9 Å². The van der Waals surface area contributed by atoms with Crippen molar-refractivity contribution in [3.05, 3.63) is 96.2 Å². The van der Waals surface area contributed by atoms with Crippen LogP contribution in [-0.2, 0) is 0 Å². The summed E-state index contributed by atoms with van der Waals surface area (Å²) in [5, 5.41) is 13.3. The van der Waals surface area contributed by atoms with E-state index in [-0.39, 0.29) is 5.75 Å². The average Bonchev–Trinajstić information content (AvgIpc) is 3.12. The Labute approximate surface area is 190 Å². The molecular formula is C28H21N3O2. The molecule has 33 heavy (non-hydrogen) atoms. The van der Waals surface area contributed by atoms with E-state index in [0.29, 0.717) is 17.1 Å². The van der Waals surface area contributed by atoms with Crippen molar-refractivity contribution >= 4 is 32.7 Å². The molecule has 5 heteroatoms. The summed E-state index contributed by atoms with van der Waals surface area (Å²) in [5.41, 5.74) is 4.78. The highest BCUT2D eigenvalue weighted by atomic mass is 16.5. The van der Waals surface area contributed by atoms with Gasteiger partial charge in [-0.15, -0.1) is 0 Å². The van der Waals surface area contributed by atoms with E-state index >= 15 is 0 Å². The van der Waals surface area contributed by atoms with E-state index in [1.807, 2.05) is 55.5 Å². The quantitative estimate of drug-likeness (QED) is 0.333. The molecule has 0 aliphatic carbocycles. The maximum absolute atomic E-state index is 10.2. The standard InChI is InChI=1S/C28H21N3O2/c1-17-9-12-21-22-13-11-20(33-27-14-10-19-6-4-7-25(32)28(19)30-27)16-24(22)31(23(21)15-17)26-8-3-5-18(2)29-26/h3-16,32H,1-2H3. The van der Waals surface area contributed by atoms with Crippen LogP contribution in [0.2, 0.25) is 0 Å². The SMILES string of the molecule is Cc1ccc2c3ccc(Oc4ccc5cccc(O)c5n4)cc3n(-c3cccc(C)n3)c2c1. The molecule has 1 N–H and O–H groups in total. The van der Waals surface area contributed by atoms with Crippen LogP contribution in [-0.4, -0.2) is 19.6 Å². The van der Waals surface area contributed by atoms with Crippen molar-refractivity contribution in [2.75, 3.05) is 0 Å². The molecule has 5 nitrogen and oxygen atoms in total. The van der Waals surface area contributed by atoms with Gasteiger partial charge in [0.2, 0.25) is 5.88 Å². The fraction of sp³-hybridized carbons (Fsp3) is 0.0714. The molecule has 3 aromatic carbocycles. The maximum atomic E-state index is 10.2.